The third kappa shape index (κ3) is 3.58. The molecule has 2 rings (SSSR count). The Bertz CT molecular complexity index is 572. The maximum absolute atomic E-state index is 11.3. The summed E-state index contributed by atoms with van der Waals surface area (Å²) in [6.45, 7) is 2.80. The Balaban J connectivity index is 1.99. The van der Waals surface area contributed by atoms with Crippen molar-refractivity contribution < 1.29 is 9.53 Å². The van der Waals surface area contributed by atoms with E-state index in [1.54, 1.807) is 13.0 Å². The highest BCUT2D eigenvalue weighted by molar-refractivity contribution is 5.73. The van der Waals surface area contributed by atoms with Gasteiger partial charge in [0, 0.05) is 18.8 Å². The number of rotatable bonds is 4. The first-order valence-corrected chi connectivity index (χ1v) is 6.18. The van der Waals surface area contributed by atoms with E-state index in [0.717, 1.165) is 11.4 Å². The number of hydrogen-bond acceptors (Lipinski definition) is 4. The number of esters is 1. The Morgan fingerprint density at radius 3 is 2.95 bits per heavy atom. The van der Waals surface area contributed by atoms with Crippen molar-refractivity contribution in [3.63, 3.8) is 0 Å². The van der Waals surface area contributed by atoms with Gasteiger partial charge < -0.3 is 14.6 Å². The molecule has 0 saturated heterocycles. The zero-order valence-corrected chi connectivity index (χ0v) is 10.8. The fraction of sp³-hybridized carbons (Fsp3) is 0.286. The van der Waals surface area contributed by atoms with Crippen LogP contribution in [0.25, 0.3) is 0 Å². The number of nitrogens with one attached hydrogen (secondary N) is 1. The van der Waals surface area contributed by atoms with E-state index in [0.29, 0.717) is 13.2 Å². The molecule has 0 aromatic carbocycles. The molecule has 0 saturated carbocycles. The van der Waals surface area contributed by atoms with Crippen molar-refractivity contribution in [2.24, 2.45) is 0 Å². The third-order valence-electron chi connectivity index (χ3n) is 2.73. The molecule has 0 spiro atoms. The van der Waals surface area contributed by atoms with Gasteiger partial charge in [0.15, 0.2) is 0 Å². The van der Waals surface area contributed by atoms with E-state index in [2.05, 4.69) is 4.98 Å². The van der Waals surface area contributed by atoms with Crippen LogP contribution < -0.4 is 10.5 Å². The fourth-order valence-corrected chi connectivity index (χ4v) is 1.82. The van der Waals surface area contributed by atoms with Gasteiger partial charge >= 0.3 is 5.97 Å². The number of ether oxygens (including phenoxy) is 1. The van der Waals surface area contributed by atoms with Crippen LogP contribution in [0.15, 0.2) is 46.9 Å². The molecule has 1 aliphatic heterocycles. The minimum atomic E-state index is -0.222. The Hall–Kier alpha value is -2.30. The van der Waals surface area contributed by atoms with Crippen LogP contribution in [0, 0.1) is 0 Å². The van der Waals surface area contributed by atoms with Gasteiger partial charge in [0.05, 0.1) is 13.0 Å². The number of carbonyl (C=O) groups is 1. The van der Waals surface area contributed by atoms with E-state index >= 15 is 0 Å². The molecule has 1 aliphatic rings. The molecule has 0 fully saturated rings. The molecule has 0 atom stereocenters. The lowest BCUT2D eigenvalue weighted by molar-refractivity contribution is -0.142. The van der Waals surface area contributed by atoms with Gasteiger partial charge in [-0.05, 0) is 24.6 Å². The van der Waals surface area contributed by atoms with Crippen LogP contribution in [0.1, 0.15) is 13.3 Å². The van der Waals surface area contributed by atoms with Gasteiger partial charge in [-0.1, -0.05) is 12.1 Å². The average Bonchev–Trinajstić information content (AvgIpc) is 2.40. The minimum Gasteiger partial charge on any atom is -0.466 e. The summed E-state index contributed by atoms with van der Waals surface area (Å²) in [7, 11) is 0. The van der Waals surface area contributed by atoms with E-state index in [9.17, 15) is 9.59 Å². The maximum atomic E-state index is 11.3. The molecule has 1 aromatic rings. The first-order valence-electron chi connectivity index (χ1n) is 6.18. The predicted octanol–water partition coefficient (Wildman–Crippen LogP) is 1.59. The number of hydrogen-bond donors (Lipinski definition) is 1. The summed E-state index contributed by atoms with van der Waals surface area (Å²) in [6.07, 6.45) is 5.93. The van der Waals surface area contributed by atoms with Gasteiger partial charge in [-0.3, -0.25) is 9.59 Å². The van der Waals surface area contributed by atoms with Gasteiger partial charge in [0.1, 0.15) is 5.82 Å². The molecule has 19 heavy (non-hydrogen) atoms. The first kappa shape index (κ1) is 13.1. The Morgan fingerprint density at radius 2 is 2.32 bits per heavy atom. The first-order chi connectivity index (χ1) is 9.19. The molecule has 0 amide bonds. The number of carbonyl (C=O) groups excluding carboxylic acids is 1. The average molecular weight is 260 g/mol. The smallest absolute Gasteiger partial charge is 0.310 e. The topological polar surface area (TPSA) is 62.4 Å². The monoisotopic (exact) mass is 260 g/mol. The van der Waals surface area contributed by atoms with Crippen LogP contribution in [0.2, 0.25) is 0 Å². The van der Waals surface area contributed by atoms with Crippen LogP contribution in [-0.4, -0.2) is 24.1 Å². The lowest BCUT2D eigenvalue weighted by Gasteiger charge is -2.21. The molecule has 1 N–H and O–H groups in total. The maximum Gasteiger partial charge on any atom is 0.310 e. The summed E-state index contributed by atoms with van der Waals surface area (Å²) < 4.78 is 4.90. The molecule has 2 heterocycles. The van der Waals surface area contributed by atoms with Crippen LogP contribution >= 0.6 is 0 Å². The zero-order chi connectivity index (χ0) is 13.7. The number of aromatic amines is 1. The highest BCUT2D eigenvalue weighted by atomic mass is 16.5. The van der Waals surface area contributed by atoms with Crippen molar-refractivity contribution in [1.29, 1.82) is 0 Å². The van der Waals surface area contributed by atoms with Gasteiger partial charge in [-0.15, -0.1) is 0 Å². The van der Waals surface area contributed by atoms with E-state index in [1.165, 1.54) is 6.07 Å². The number of aromatic nitrogens is 1. The quantitative estimate of drug-likeness (QED) is 0.835. The lowest BCUT2D eigenvalue weighted by atomic mass is 10.1. The summed E-state index contributed by atoms with van der Waals surface area (Å²) in [6, 6.07) is 5.01. The van der Waals surface area contributed by atoms with E-state index in [4.69, 9.17) is 4.74 Å². The summed E-state index contributed by atoms with van der Waals surface area (Å²) in [5.74, 6) is 0.509. The lowest BCUT2D eigenvalue weighted by Crippen LogP contribution is -2.22. The molecule has 0 bridgehead atoms. The zero-order valence-electron chi connectivity index (χ0n) is 10.8. The fourth-order valence-electron chi connectivity index (χ4n) is 1.82. The number of H-pyrrole nitrogens is 1. The van der Waals surface area contributed by atoms with E-state index in [-0.39, 0.29) is 17.9 Å². The van der Waals surface area contributed by atoms with Gasteiger partial charge in [0.2, 0.25) is 5.56 Å². The minimum absolute atomic E-state index is 0.132. The summed E-state index contributed by atoms with van der Waals surface area (Å²) >= 11 is 0. The standard InChI is InChI=1S/C14H16N2O3/c1-2-19-14(18)10-11-6-8-16(9-7-11)12-4-3-5-13(17)15-12/h3-8H,2,9-10H2,1H3,(H,15,17). The largest absolute Gasteiger partial charge is 0.466 e. The van der Waals surface area contributed by atoms with E-state index < -0.39 is 0 Å². The molecule has 1 aromatic heterocycles. The number of nitrogens with zero attached hydrogens (tertiary/aromatic N) is 1. The van der Waals surface area contributed by atoms with E-state index in [1.807, 2.05) is 29.3 Å². The van der Waals surface area contributed by atoms with Gasteiger partial charge in [0.25, 0.3) is 0 Å². The number of pyridine rings is 1. The number of anilines is 1. The molecule has 0 unspecified atom stereocenters. The van der Waals surface area contributed by atoms with Crippen LogP contribution in [-0.2, 0) is 9.53 Å². The normalized spacial score (nSPS) is 14.2. The van der Waals surface area contributed by atoms with Crippen molar-refractivity contribution in [2.75, 3.05) is 18.1 Å². The van der Waals surface area contributed by atoms with Crippen molar-refractivity contribution in [2.45, 2.75) is 13.3 Å². The van der Waals surface area contributed by atoms with Gasteiger partial charge in [-0.25, -0.2) is 0 Å². The number of allylic oxidation sites excluding steroid dienone is 1. The predicted molar refractivity (Wildman–Crippen MR) is 72.9 cm³/mol. The SMILES string of the molecule is CCOC(=O)CC1=CCN(c2cccc(=O)[nH]2)C=C1. The molecule has 5 heteroatoms. The van der Waals surface area contributed by atoms with Crippen LogP contribution in [0.4, 0.5) is 5.82 Å². The molecule has 100 valence electrons. The van der Waals surface area contributed by atoms with Crippen molar-refractivity contribution in [3.05, 3.63) is 52.5 Å². The summed E-state index contributed by atoms with van der Waals surface area (Å²) in [5, 5.41) is 0. The highest BCUT2D eigenvalue weighted by Crippen LogP contribution is 2.16. The van der Waals surface area contributed by atoms with Crippen molar-refractivity contribution in [3.8, 4) is 0 Å². The Kier molecular flexibility index (Phi) is 4.18. The van der Waals surface area contributed by atoms with Crippen molar-refractivity contribution in [1.82, 2.24) is 4.98 Å². The third-order valence-corrected chi connectivity index (χ3v) is 2.73. The van der Waals surface area contributed by atoms with Crippen LogP contribution in [0.3, 0.4) is 0 Å². The molecular formula is C14H16N2O3. The van der Waals surface area contributed by atoms with Gasteiger partial charge in [-0.2, -0.15) is 0 Å². The molecular weight excluding hydrogens is 244 g/mol. The second-order valence-corrected chi connectivity index (χ2v) is 4.13. The highest BCUT2D eigenvalue weighted by Gasteiger charge is 2.10. The van der Waals surface area contributed by atoms with Crippen molar-refractivity contribution >= 4 is 11.8 Å². The Morgan fingerprint density at radius 1 is 1.47 bits per heavy atom. The molecule has 0 aliphatic carbocycles. The molecule has 0 radical (unpaired) electrons. The summed E-state index contributed by atoms with van der Waals surface area (Å²) in [5.41, 5.74) is 0.792. The second-order valence-electron chi connectivity index (χ2n) is 4.13. The van der Waals surface area contributed by atoms with Crippen LogP contribution in [0.5, 0.6) is 0 Å². The molecule has 5 nitrogen and oxygen atoms in total. The summed E-state index contributed by atoms with van der Waals surface area (Å²) in [4.78, 5) is 27.2. The second kappa shape index (κ2) is 6.04. The Labute approximate surface area is 111 Å².